The number of hydrogen-bond acceptors (Lipinski definition) is 15. The van der Waals surface area contributed by atoms with Gasteiger partial charge in [0.2, 0.25) is 23.6 Å². The first-order valence-electron chi connectivity index (χ1n) is 28.7. The molecule has 4 amide bonds. The van der Waals surface area contributed by atoms with Crippen LogP contribution in [0.1, 0.15) is 207 Å². The number of carbonyl (C=O) groups is 11. The van der Waals surface area contributed by atoms with Crippen molar-refractivity contribution in [3.8, 4) is 0 Å². The van der Waals surface area contributed by atoms with Crippen molar-refractivity contribution in [1.29, 1.82) is 0 Å². The van der Waals surface area contributed by atoms with Crippen LogP contribution in [-0.4, -0.2) is 163 Å². The summed E-state index contributed by atoms with van der Waals surface area (Å²) in [7, 11) is 0. The minimum Gasteiger partial charge on any atom is -0.481 e. The predicted octanol–water partition coefficient (Wildman–Crippen LogP) is 6.52. The Morgan fingerprint density at radius 3 is 1.39 bits per heavy atom. The molecule has 0 rings (SSSR count). The van der Waals surface area contributed by atoms with Crippen LogP contribution in [0.5, 0.6) is 0 Å². The maximum atomic E-state index is 12.5. The fraction of sp³-hybridized carbons (Fsp3) is 0.807. The molecule has 0 saturated heterocycles. The monoisotopic (exact) mass is 1140 g/mol. The second-order valence-electron chi connectivity index (χ2n) is 20.0. The Morgan fingerprint density at radius 2 is 0.863 bits per heavy atom. The van der Waals surface area contributed by atoms with Crippen LogP contribution < -0.4 is 21.3 Å². The van der Waals surface area contributed by atoms with Crippen LogP contribution in [0.15, 0.2) is 0 Å². The molecule has 80 heavy (non-hydrogen) atoms. The van der Waals surface area contributed by atoms with Crippen molar-refractivity contribution >= 4 is 64.9 Å². The first-order chi connectivity index (χ1) is 37.9. The van der Waals surface area contributed by atoms with Crippen LogP contribution in [0.4, 0.5) is 0 Å². The highest BCUT2D eigenvalue weighted by Gasteiger charge is 2.26. The number of ether oxygens (including phenoxy) is 4. The van der Waals surface area contributed by atoms with Gasteiger partial charge in [-0.3, -0.25) is 43.2 Å². The minimum absolute atomic E-state index is 0. The largest absolute Gasteiger partial charge is 0.481 e. The first-order valence-corrected chi connectivity index (χ1v) is 28.7. The van der Waals surface area contributed by atoms with Gasteiger partial charge in [-0.05, 0) is 64.7 Å². The Kier molecular flexibility index (Phi) is 49.6. The van der Waals surface area contributed by atoms with Gasteiger partial charge in [-0.2, -0.15) is 0 Å². The van der Waals surface area contributed by atoms with Crippen LogP contribution in [0.2, 0.25) is 0 Å². The Bertz CT molecular complexity index is 1780. The summed E-state index contributed by atoms with van der Waals surface area (Å²) in [4.78, 5) is 131. The zero-order valence-corrected chi connectivity index (χ0v) is 47.3. The summed E-state index contributed by atoms with van der Waals surface area (Å²) in [6, 6.07) is -2.51. The summed E-state index contributed by atoms with van der Waals surface area (Å²) in [5.41, 5.74) is 0. The van der Waals surface area contributed by atoms with E-state index in [1.807, 2.05) is 6.92 Å². The molecule has 23 heteroatoms. The molecule has 8 N–H and O–H groups in total. The lowest BCUT2D eigenvalue weighted by Gasteiger charge is -2.16. The van der Waals surface area contributed by atoms with Gasteiger partial charge >= 0.3 is 23.9 Å². The van der Waals surface area contributed by atoms with E-state index in [-0.39, 0.29) is 147 Å². The van der Waals surface area contributed by atoms with Crippen LogP contribution >= 0.6 is 0 Å². The van der Waals surface area contributed by atoms with Gasteiger partial charge in [0.15, 0.2) is 5.78 Å². The number of ketones is 3. The topological polar surface area (TPSA) is 354 Å². The minimum atomic E-state index is -1.37. The molecule has 462 valence electrons. The fourth-order valence-corrected chi connectivity index (χ4v) is 8.39. The Hall–Kier alpha value is -5.39. The molecule has 0 bridgehead atoms. The van der Waals surface area contributed by atoms with Crippen molar-refractivity contribution in [3.05, 3.63) is 0 Å². The van der Waals surface area contributed by atoms with Crippen LogP contribution in [0, 0.1) is 11.8 Å². The van der Waals surface area contributed by atoms with Gasteiger partial charge < -0.3 is 60.6 Å². The van der Waals surface area contributed by atoms with Gasteiger partial charge in [0.25, 0.3) is 0 Å². The van der Waals surface area contributed by atoms with E-state index in [0.717, 1.165) is 70.6 Å². The van der Waals surface area contributed by atoms with Crippen LogP contribution in [0.3, 0.4) is 0 Å². The molecule has 0 spiro atoms. The van der Waals surface area contributed by atoms with Crippen LogP contribution in [-0.2, 0) is 71.7 Å². The van der Waals surface area contributed by atoms with Gasteiger partial charge in [-0.15, -0.1) is 0 Å². The second-order valence-corrected chi connectivity index (χ2v) is 20.0. The lowest BCUT2D eigenvalue weighted by molar-refractivity contribution is -0.145. The van der Waals surface area contributed by atoms with E-state index in [1.165, 1.54) is 32.1 Å². The van der Waals surface area contributed by atoms with Crippen molar-refractivity contribution < 1.29 is 92.1 Å². The number of hydrogen-bond donors (Lipinski definition) is 8. The van der Waals surface area contributed by atoms with Crippen molar-refractivity contribution in [2.75, 3.05) is 65.9 Å². The highest BCUT2D eigenvalue weighted by Crippen LogP contribution is 2.16. The number of amides is 4. The van der Waals surface area contributed by atoms with E-state index < -0.39 is 72.5 Å². The summed E-state index contributed by atoms with van der Waals surface area (Å²) in [6.07, 6.45) is 17.5. The quantitative estimate of drug-likeness (QED) is 0.0300. The molecule has 0 aromatic rings. The van der Waals surface area contributed by atoms with Gasteiger partial charge in [-0.25, -0.2) is 9.59 Å². The lowest BCUT2D eigenvalue weighted by atomic mass is 9.95. The van der Waals surface area contributed by atoms with Crippen molar-refractivity contribution in [1.82, 2.24) is 21.3 Å². The predicted molar refractivity (Wildman–Crippen MR) is 298 cm³/mol. The SMILES string of the molecule is C.CC[C@@H](CCCCNC(=O)CC[C@H](NC(=O)CC[C@H](CC(=O)COCCOCCNC(=O)COCCOCCCC(=O)CC[C@H](NC(=O)CCCCCCCCCCCCCCCCC(=O)O)C(=O)O)C(=O)O)C(=O)O)C(C)=O. The number of carbonyl (C=O) groups excluding carboxylic acids is 7. The summed E-state index contributed by atoms with van der Waals surface area (Å²) in [5.74, 6) is -8.19. The first kappa shape index (κ1) is 76.7. The summed E-state index contributed by atoms with van der Waals surface area (Å²) < 4.78 is 21.4. The number of rotatable bonds is 57. The molecule has 0 saturated carbocycles. The van der Waals surface area contributed by atoms with Crippen molar-refractivity contribution in [2.24, 2.45) is 11.8 Å². The highest BCUT2D eigenvalue weighted by molar-refractivity contribution is 5.87. The zero-order valence-electron chi connectivity index (χ0n) is 47.3. The number of carboxylic acid groups (broad SMARTS) is 4. The average Bonchev–Trinajstić information content (AvgIpc) is 3.39. The third-order valence-electron chi connectivity index (χ3n) is 13.1. The molecule has 4 atom stereocenters. The average molecular weight is 1150 g/mol. The third-order valence-corrected chi connectivity index (χ3v) is 13.1. The van der Waals surface area contributed by atoms with E-state index in [0.29, 0.717) is 25.8 Å². The molecule has 0 heterocycles. The number of aliphatic carboxylic acids is 4. The fourth-order valence-electron chi connectivity index (χ4n) is 8.39. The molecule has 0 radical (unpaired) electrons. The smallest absolute Gasteiger partial charge is 0.326 e. The number of nitrogens with one attached hydrogen (secondary N) is 4. The maximum absolute atomic E-state index is 12.5. The van der Waals surface area contributed by atoms with Crippen molar-refractivity contribution in [2.45, 2.75) is 220 Å². The van der Waals surface area contributed by atoms with Crippen molar-refractivity contribution in [3.63, 3.8) is 0 Å². The summed E-state index contributed by atoms with van der Waals surface area (Å²) in [5, 5.41) is 47.5. The summed E-state index contributed by atoms with van der Waals surface area (Å²) >= 11 is 0. The molecule has 0 fully saturated rings. The summed E-state index contributed by atoms with van der Waals surface area (Å²) in [6.45, 7) is 4.18. The maximum Gasteiger partial charge on any atom is 0.326 e. The van der Waals surface area contributed by atoms with Crippen LogP contribution in [0.25, 0.3) is 0 Å². The van der Waals surface area contributed by atoms with E-state index in [1.54, 1.807) is 6.92 Å². The Balaban J connectivity index is 0. The van der Waals surface area contributed by atoms with E-state index >= 15 is 0 Å². The standard InChI is InChI=1S/C56H96N4O19.CH4/c1-3-43(42(2)61)21-18-19-31-57-49(64)30-28-48(56(74)75)60-51(66)29-25-44(54(70)71)39-46(63)40-78-37-36-77-34-32-58-52(67)41-79-38-35-76-33-20-22-45(62)26-27-47(55(72)73)59-50(65)23-16-14-12-10-8-6-4-5-7-9-11-13-15-17-24-53(68)69;/h43-44,47-48H,3-41H2,1-2H3,(H,57,64)(H,58,67)(H,59,65)(H,60,66)(H,68,69)(H,70,71)(H,72,73)(H,74,75);1H4/t43-,44+,47-,48-;/m0./s1. The number of carboxylic acids is 4. The normalized spacial score (nSPS) is 12.5. The zero-order chi connectivity index (χ0) is 58.9. The molecular weight excluding hydrogens is 1040 g/mol. The van der Waals surface area contributed by atoms with Gasteiger partial charge in [0.1, 0.15) is 36.9 Å². The van der Waals surface area contributed by atoms with E-state index in [2.05, 4.69) is 21.3 Å². The van der Waals surface area contributed by atoms with E-state index in [4.69, 9.17) is 24.1 Å². The number of Topliss-reactive ketones (excluding diaryl/α,β-unsaturated/α-hetero) is 3. The molecule has 0 aromatic heterocycles. The Labute approximate surface area is 474 Å². The molecule has 0 aliphatic heterocycles. The molecule has 23 nitrogen and oxygen atoms in total. The second kappa shape index (κ2) is 51.7. The Morgan fingerprint density at radius 1 is 0.388 bits per heavy atom. The number of unbranched alkanes of at least 4 members (excludes halogenated alkanes) is 14. The van der Waals surface area contributed by atoms with Gasteiger partial charge in [-0.1, -0.05) is 97.8 Å². The highest BCUT2D eigenvalue weighted by atomic mass is 16.5. The van der Waals surface area contributed by atoms with Gasteiger partial charge in [0, 0.05) is 70.6 Å². The molecule has 0 unspecified atom stereocenters. The van der Waals surface area contributed by atoms with Gasteiger partial charge in [0.05, 0.1) is 39.0 Å². The molecule has 0 aliphatic carbocycles. The van der Waals surface area contributed by atoms with E-state index in [9.17, 15) is 68.1 Å². The molecule has 0 aliphatic rings. The molecule has 0 aromatic carbocycles. The lowest BCUT2D eigenvalue weighted by Crippen LogP contribution is -2.42. The molecular formula is C57H100N4O19. The third kappa shape index (κ3) is 47.4.